The molecule has 0 saturated carbocycles. The van der Waals surface area contributed by atoms with E-state index in [1.54, 1.807) is 26.0 Å². The average molecular weight is 365 g/mol. The van der Waals surface area contributed by atoms with Gasteiger partial charge in [-0.05, 0) is 37.8 Å². The first-order chi connectivity index (χ1) is 13.0. The molecule has 1 aromatic carbocycles. The molecule has 0 bridgehead atoms. The van der Waals surface area contributed by atoms with Crippen LogP contribution in [0.5, 0.6) is 0 Å². The number of amides is 1. The van der Waals surface area contributed by atoms with Crippen LogP contribution < -0.4 is 10.6 Å². The largest absolute Gasteiger partial charge is 0.360 e. The van der Waals surface area contributed by atoms with Crippen molar-refractivity contribution in [3.8, 4) is 0 Å². The molecule has 0 atom stereocenters. The van der Waals surface area contributed by atoms with Gasteiger partial charge in [0.05, 0.1) is 0 Å². The van der Waals surface area contributed by atoms with Gasteiger partial charge in [-0.1, -0.05) is 37.2 Å². The Morgan fingerprint density at radius 2 is 1.74 bits per heavy atom. The Balaban J connectivity index is 1.87. The lowest BCUT2D eigenvalue weighted by Gasteiger charge is -2.14. The number of aryl methyl sites for hydroxylation is 4. The molecule has 3 aromatic rings. The van der Waals surface area contributed by atoms with Gasteiger partial charge in [0.1, 0.15) is 23.1 Å². The first-order valence-electron chi connectivity index (χ1n) is 8.98. The summed E-state index contributed by atoms with van der Waals surface area (Å²) in [7, 11) is 0. The summed E-state index contributed by atoms with van der Waals surface area (Å²) in [6, 6.07) is 9.43. The summed E-state index contributed by atoms with van der Waals surface area (Å²) < 4.78 is 5.04. The molecular formula is C20H23N5O2. The number of aromatic nitrogens is 3. The highest BCUT2D eigenvalue weighted by molar-refractivity contribution is 6.04. The molecule has 0 saturated heterocycles. The number of nitrogens with zero attached hydrogens (tertiary/aromatic N) is 3. The van der Waals surface area contributed by atoms with Gasteiger partial charge in [0.2, 0.25) is 0 Å². The van der Waals surface area contributed by atoms with Crippen LogP contribution in [0.15, 0.2) is 34.9 Å². The molecule has 0 aliphatic rings. The molecule has 7 nitrogen and oxygen atoms in total. The molecule has 27 heavy (non-hydrogen) atoms. The summed E-state index contributed by atoms with van der Waals surface area (Å²) in [6.07, 6.45) is 1.68. The first kappa shape index (κ1) is 18.6. The molecule has 7 heteroatoms. The lowest BCUT2D eigenvalue weighted by atomic mass is 10.0. The van der Waals surface area contributed by atoms with Crippen LogP contribution in [0.1, 0.15) is 47.0 Å². The van der Waals surface area contributed by atoms with Gasteiger partial charge in [0, 0.05) is 17.8 Å². The van der Waals surface area contributed by atoms with E-state index in [0.717, 1.165) is 29.7 Å². The molecule has 0 aliphatic carbocycles. The van der Waals surface area contributed by atoms with Crippen molar-refractivity contribution in [2.24, 2.45) is 0 Å². The molecule has 1 amide bonds. The molecule has 140 valence electrons. The van der Waals surface area contributed by atoms with Gasteiger partial charge < -0.3 is 15.2 Å². The van der Waals surface area contributed by atoms with Crippen LogP contribution in [0.25, 0.3) is 0 Å². The number of benzene rings is 1. The maximum absolute atomic E-state index is 12.8. The number of carbonyl (C=O) groups excluding carboxylic acids is 1. The number of rotatable bonds is 6. The van der Waals surface area contributed by atoms with Crippen LogP contribution in [-0.2, 0) is 12.8 Å². The van der Waals surface area contributed by atoms with E-state index >= 15 is 0 Å². The van der Waals surface area contributed by atoms with E-state index in [-0.39, 0.29) is 11.6 Å². The zero-order valence-electron chi connectivity index (χ0n) is 16.0. The fourth-order valence-electron chi connectivity index (χ4n) is 2.89. The second kappa shape index (κ2) is 7.99. The maximum atomic E-state index is 12.8. The van der Waals surface area contributed by atoms with Gasteiger partial charge in [-0.3, -0.25) is 4.79 Å². The van der Waals surface area contributed by atoms with Crippen molar-refractivity contribution in [2.45, 2.75) is 40.5 Å². The first-order valence-corrected chi connectivity index (χ1v) is 8.98. The average Bonchev–Trinajstić information content (AvgIpc) is 3.06. The lowest BCUT2D eigenvalue weighted by molar-refractivity contribution is 0.102. The van der Waals surface area contributed by atoms with Crippen molar-refractivity contribution >= 4 is 23.2 Å². The van der Waals surface area contributed by atoms with Crippen molar-refractivity contribution in [1.82, 2.24) is 15.1 Å². The summed E-state index contributed by atoms with van der Waals surface area (Å²) in [6.45, 7) is 7.69. The van der Waals surface area contributed by atoms with Crippen LogP contribution in [0.3, 0.4) is 0 Å². The minimum absolute atomic E-state index is 0.268. The molecule has 0 aliphatic heterocycles. The number of hydrogen-bond donors (Lipinski definition) is 2. The zero-order chi connectivity index (χ0) is 19.4. The molecule has 0 spiro atoms. The van der Waals surface area contributed by atoms with Gasteiger partial charge >= 0.3 is 0 Å². The van der Waals surface area contributed by atoms with E-state index in [0.29, 0.717) is 23.2 Å². The molecule has 0 unspecified atom stereocenters. The fraction of sp³-hybridized carbons (Fsp3) is 0.300. The van der Waals surface area contributed by atoms with Gasteiger partial charge in [0.15, 0.2) is 5.82 Å². The predicted molar refractivity (Wildman–Crippen MR) is 104 cm³/mol. The van der Waals surface area contributed by atoms with Crippen molar-refractivity contribution in [3.63, 3.8) is 0 Å². The topological polar surface area (TPSA) is 92.9 Å². The second-order valence-corrected chi connectivity index (χ2v) is 6.25. The third kappa shape index (κ3) is 4.31. The Labute approximate surface area is 158 Å². The SMILES string of the molecule is CCc1cccc(CC)c1NC(=O)c1cc(Nc2cc(C)on2)nc(C)n1. The Morgan fingerprint density at radius 3 is 2.33 bits per heavy atom. The molecule has 0 radical (unpaired) electrons. The van der Waals surface area contributed by atoms with E-state index in [1.165, 1.54) is 0 Å². The predicted octanol–water partition coefficient (Wildman–Crippen LogP) is 4.20. The van der Waals surface area contributed by atoms with E-state index in [9.17, 15) is 4.79 Å². The highest BCUT2D eigenvalue weighted by atomic mass is 16.5. The minimum Gasteiger partial charge on any atom is -0.360 e. The monoisotopic (exact) mass is 365 g/mol. The quantitative estimate of drug-likeness (QED) is 0.680. The van der Waals surface area contributed by atoms with Gasteiger partial charge in [-0.25, -0.2) is 9.97 Å². The Hall–Kier alpha value is -3.22. The minimum atomic E-state index is -0.268. The van der Waals surface area contributed by atoms with Crippen LogP contribution in [0.4, 0.5) is 17.3 Å². The normalized spacial score (nSPS) is 10.7. The summed E-state index contributed by atoms with van der Waals surface area (Å²) >= 11 is 0. The standard InChI is InChI=1S/C20H23N5O2/c1-5-14-8-7-9-15(6-2)19(14)24-20(26)16-11-17(22-13(4)21-16)23-18-10-12(3)27-25-18/h7-11H,5-6H2,1-4H3,(H,24,26)(H,21,22,23,25). The van der Waals surface area contributed by atoms with Crippen LogP contribution in [0.2, 0.25) is 0 Å². The molecule has 2 N–H and O–H groups in total. The Morgan fingerprint density at radius 1 is 1.04 bits per heavy atom. The van der Waals surface area contributed by atoms with Crippen molar-refractivity contribution < 1.29 is 9.32 Å². The second-order valence-electron chi connectivity index (χ2n) is 6.25. The fourth-order valence-corrected chi connectivity index (χ4v) is 2.89. The van der Waals surface area contributed by atoms with E-state index < -0.39 is 0 Å². The summed E-state index contributed by atoms with van der Waals surface area (Å²) in [5.74, 6) is 1.92. The molecule has 2 heterocycles. The number of para-hydroxylation sites is 1. The number of anilines is 3. The smallest absolute Gasteiger partial charge is 0.274 e. The number of hydrogen-bond acceptors (Lipinski definition) is 6. The van der Waals surface area contributed by atoms with Gasteiger partial charge in [0.25, 0.3) is 5.91 Å². The van der Waals surface area contributed by atoms with Crippen LogP contribution in [0, 0.1) is 13.8 Å². The van der Waals surface area contributed by atoms with Gasteiger partial charge in [-0.2, -0.15) is 0 Å². The highest BCUT2D eigenvalue weighted by Gasteiger charge is 2.15. The van der Waals surface area contributed by atoms with E-state index in [4.69, 9.17) is 4.52 Å². The van der Waals surface area contributed by atoms with Gasteiger partial charge in [-0.15, -0.1) is 0 Å². The number of carbonyl (C=O) groups is 1. The molecular weight excluding hydrogens is 342 g/mol. The summed E-state index contributed by atoms with van der Waals surface area (Å²) in [5.41, 5.74) is 3.36. The van der Waals surface area contributed by atoms with Crippen LogP contribution in [-0.4, -0.2) is 21.0 Å². The highest BCUT2D eigenvalue weighted by Crippen LogP contribution is 2.23. The Bertz CT molecular complexity index is 943. The zero-order valence-corrected chi connectivity index (χ0v) is 16.0. The summed E-state index contributed by atoms with van der Waals surface area (Å²) in [4.78, 5) is 21.4. The van der Waals surface area contributed by atoms with Crippen molar-refractivity contribution in [2.75, 3.05) is 10.6 Å². The maximum Gasteiger partial charge on any atom is 0.274 e. The van der Waals surface area contributed by atoms with E-state index in [2.05, 4.69) is 39.6 Å². The third-order valence-electron chi connectivity index (χ3n) is 4.19. The molecule has 2 aromatic heterocycles. The van der Waals surface area contributed by atoms with Crippen molar-refractivity contribution in [1.29, 1.82) is 0 Å². The Kier molecular flexibility index (Phi) is 5.49. The lowest BCUT2D eigenvalue weighted by Crippen LogP contribution is -2.17. The summed E-state index contributed by atoms with van der Waals surface area (Å²) in [5, 5.41) is 9.94. The van der Waals surface area contributed by atoms with E-state index in [1.807, 2.05) is 18.2 Å². The molecule has 3 rings (SSSR count). The third-order valence-corrected chi connectivity index (χ3v) is 4.19. The van der Waals surface area contributed by atoms with Crippen LogP contribution >= 0.6 is 0 Å². The molecule has 0 fully saturated rings. The van der Waals surface area contributed by atoms with Crippen molar-refractivity contribution in [3.05, 3.63) is 58.7 Å². The number of nitrogens with one attached hydrogen (secondary N) is 2.